The number of para-hydroxylation sites is 1. The van der Waals surface area contributed by atoms with Gasteiger partial charge < -0.3 is 15.0 Å². The molecule has 158 valence electrons. The van der Waals surface area contributed by atoms with Gasteiger partial charge in [-0.15, -0.1) is 0 Å². The van der Waals surface area contributed by atoms with E-state index in [4.69, 9.17) is 16.3 Å². The Labute approximate surface area is 184 Å². The first-order valence-corrected chi connectivity index (χ1v) is 10.1. The largest absolute Gasteiger partial charge is 0.444 e. The summed E-state index contributed by atoms with van der Waals surface area (Å²) in [6.07, 6.45) is 4.78. The van der Waals surface area contributed by atoms with E-state index in [9.17, 15) is 9.59 Å². The molecule has 3 heterocycles. The number of nitrogens with zero attached hydrogens (tertiary/aromatic N) is 3. The van der Waals surface area contributed by atoms with Crippen molar-refractivity contribution in [3.63, 3.8) is 0 Å². The molecule has 8 nitrogen and oxygen atoms in total. The van der Waals surface area contributed by atoms with Gasteiger partial charge in [-0.25, -0.2) is 9.78 Å². The van der Waals surface area contributed by atoms with Crippen LogP contribution in [0.2, 0.25) is 5.02 Å². The van der Waals surface area contributed by atoms with Crippen LogP contribution < -0.4 is 15.5 Å². The van der Waals surface area contributed by atoms with Gasteiger partial charge in [-0.1, -0.05) is 23.7 Å². The number of rotatable bonds is 5. The topological polar surface area (TPSA) is 96.5 Å². The number of hydrogen-bond donors (Lipinski definition) is 2. The van der Waals surface area contributed by atoms with Crippen molar-refractivity contribution < 1.29 is 14.3 Å². The molecule has 1 aliphatic rings. The average molecular weight is 438 g/mol. The highest BCUT2D eigenvalue weighted by Gasteiger charge is 2.26. The summed E-state index contributed by atoms with van der Waals surface area (Å²) in [5.41, 5.74) is 1.68. The minimum atomic E-state index is -0.605. The van der Waals surface area contributed by atoms with Gasteiger partial charge in [0, 0.05) is 37.2 Å². The number of carbonyl (C=O) groups excluding carboxylic acids is 2. The van der Waals surface area contributed by atoms with Crippen molar-refractivity contribution in [3.05, 3.63) is 77.7 Å². The Hall–Kier alpha value is -3.65. The van der Waals surface area contributed by atoms with Gasteiger partial charge in [-0.2, -0.15) is 0 Å². The van der Waals surface area contributed by atoms with Crippen LogP contribution in [0.4, 0.5) is 22.0 Å². The van der Waals surface area contributed by atoms with E-state index >= 15 is 0 Å². The van der Waals surface area contributed by atoms with Crippen LogP contribution in [-0.2, 0) is 4.74 Å². The summed E-state index contributed by atoms with van der Waals surface area (Å²) in [4.78, 5) is 35.3. The number of amides is 2. The summed E-state index contributed by atoms with van der Waals surface area (Å²) in [6, 6.07) is 13.8. The number of anilines is 3. The first-order chi connectivity index (χ1) is 15.1. The molecule has 0 spiro atoms. The molecular weight excluding hydrogens is 418 g/mol. The molecule has 9 heteroatoms. The van der Waals surface area contributed by atoms with E-state index in [0.717, 1.165) is 18.7 Å². The Morgan fingerprint density at radius 3 is 2.65 bits per heavy atom. The average Bonchev–Trinajstić information content (AvgIpc) is 3.24. The summed E-state index contributed by atoms with van der Waals surface area (Å²) < 4.78 is 5.57. The van der Waals surface area contributed by atoms with Crippen molar-refractivity contribution in [2.75, 3.05) is 28.6 Å². The van der Waals surface area contributed by atoms with E-state index in [1.807, 2.05) is 12.1 Å². The molecule has 3 aromatic rings. The second kappa shape index (κ2) is 9.44. The molecule has 0 saturated carbocycles. The fraction of sp³-hybridized carbons (Fsp3) is 0.182. The zero-order valence-electron chi connectivity index (χ0n) is 16.5. The molecule has 2 aromatic heterocycles. The van der Waals surface area contributed by atoms with E-state index in [1.165, 1.54) is 6.20 Å². The molecule has 31 heavy (non-hydrogen) atoms. The number of halogens is 1. The predicted octanol–water partition coefficient (Wildman–Crippen LogP) is 4.21. The zero-order chi connectivity index (χ0) is 21.6. The molecule has 1 saturated heterocycles. The molecule has 1 aliphatic heterocycles. The third-order valence-corrected chi connectivity index (χ3v) is 5.05. The Morgan fingerprint density at radius 1 is 1.06 bits per heavy atom. The van der Waals surface area contributed by atoms with Gasteiger partial charge in [0.25, 0.3) is 5.91 Å². The molecule has 2 amide bonds. The molecule has 0 radical (unpaired) electrons. The standard InChI is InChI=1S/C22H20ClN5O3/c23-15-5-6-20(25-13-15)27-21(29)18-3-1-2-4-19(18)26-22(30)31-17-9-12-28(14-17)16-7-10-24-11-8-16/h1-8,10-11,13,17H,9,12,14H2,(H,26,30)(H,25,27,29)/t17-/m0/s1. The Balaban J connectivity index is 1.36. The third kappa shape index (κ3) is 5.29. The van der Waals surface area contributed by atoms with E-state index in [0.29, 0.717) is 28.6 Å². The highest BCUT2D eigenvalue weighted by molar-refractivity contribution is 6.30. The van der Waals surface area contributed by atoms with Crippen LogP contribution in [0.25, 0.3) is 0 Å². The molecule has 0 unspecified atom stereocenters. The molecule has 0 bridgehead atoms. The number of pyridine rings is 2. The fourth-order valence-corrected chi connectivity index (χ4v) is 3.44. The maximum atomic E-state index is 12.7. The number of ether oxygens (including phenoxy) is 1. The van der Waals surface area contributed by atoms with Crippen LogP contribution in [0.3, 0.4) is 0 Å². The summed E-state index contributed by atoms with van der Waals surface area (Å²) in [7, 11) is 0. The van der Waals surface area contributed by atoms with Crippen LogP contribution in [0.1, 0.15) is 16.8 Å². The van der Waals surface area contributed by atoms with Gasteiger partial charge in [0.15, 0.2) is 0 Å². The normalized spacial score (nSPS) is 15.4. The molecule has 1 fully saturated rings. The summed E-state index contributed by atoms with van der Waals surface area (Å²) in [6.45, 7) is 1.39. The lowest BCUT2D eigenvalue weighted by Crippen LogP contribution is -2.27. The van der Waals surface area contributed by atoms with E-state index in [1.54, 1.807) is 48.8 Å². The maximum Gasteiger partial charge on any atom is 0.411 e. The quantitative estimate of drug-likeness (QED) is 0.620. The van der Waals surface area contributed by atoms with Crippen molar-refractivity contribution in [3.8, 4) is 0 Å². The van der Waals surface area contributed by atoms with Crippen molar-refractivity contribution in [2.24, 2.45) is 0 Å². The maximum absolute atomic E-state index is 12.7. The monoisotopic (exact) mass is 437 g/mol. The molecule has 4 rings (SSSR count). The zero-order valence-corrected chi connectivity index (χ0v) is 17.2. The van der Waals surface area contributed by atoms with Crippen LogP contribution in [0.5, 0.6) is 0 Å². The summed E-state index contributed by atoms with van der Waals surface area (Å²) >= 11 is 5.82. The lowest BCUT2D eigenvalue weighted by atomic mass is 10.1. The van der Waals surface area contributed by atoms with Crippen molar-refractivity contribution in [2.45, 2.75) is 12.5 Å². The molecule has 1 aromatic carbocycles. The van der Waals surface area contributed by atoms with E-state index < -0.39 is 12.0 Å². The fourth-order valence-electron chi connectivity index (χ4n) is 3.33. The van der Waals surface area contributed by atoms with Gasteiger partial charge in [0.05, 0.1) is 22.8 Å². The minimum Gasteiger partial charge on any atom is -0.444 e. The molecule has 0 aliphatic carbocycles. The highest BCUT2D eigenvalue weighted by atomic mass is 35.5. The second-order valence-corrected chi connectivity index (χ2v) is 7.39. The van der Waals surface area contributed by atoms with Gasteiger partial charge in [0.2, 0.25) is 0 Å². The number of hydrogen-bond acceptors (Lipinski definition) is 6. The van der Waals surface area contributed by atoms with E-state index in [2.05, 4.69) is 25.5 Å². The van der Waals surface area contributed by atoms with E-state index in [-0.39, 0.29) is 6.10 Å². The smallest absolute Gasteiger partial charge is 0.411 e. The highest BCUT2D eigenvalue weighted by Crippen LogP contribution is 2.22. The van der Waals surface area contributed by atoms with Gasteiger partial charge in [0.1, 0.15) is 11.9 Å². The number of aromatic nitrogens is 2. The first kappa shape index (κ1) is 20.6. The van der Waals surface area contributed by atoms with Crippen LogP contribution in [0.15, 0.2) is 67.1 Å². The van der Waals surface area contributed by atoms with Gasteiger partial charge in [-0.3, -0.25) is 15.1 Å². The van der Waals surface area contributed by atoms with Crippen molar-refractivity contribution in [1.29, 1.82) is 0 Å². The number of nitrogens with one attached hydrogen (secondary N) is 2. The number of carbonyl (C=O) groups is 2. The van der Waals surface area contributed by atoms with Gasteiger partial charge >= 0.3 is 6.09 Å². The third-order valence-electron chi connectivity index (χ3n) is 4.82. The van der Waals surface area contributed by atoms with Crippen molar-refractivity contribution >= 4 is 40.8 Å². The SMILES string of the molecule is O=C(Nc1ccccc1C(=O)Nc1ccc(Cl)cn1)O[C@H]1CCN(c2ccncc2)C1. The van der Waals surface area contributed by atoms with Crippen LogP contribution >= 0.6 is 11.6 Å². The van der Waals surface area contributed by atoms with Crippen LogP contribution in [0, 0.1) is 0 Å². The molecular formula is C22H20ClN5O3. The van der Waals surface area contributed by atoms with Gasteiger partial charge in [-0.05, 0) is 36.4 Å². The Bertz CT molecular complexity index is 1060. The minimum absolute atomic E-state index is 0.243. The molecule has 2 N–H and O–H groups in total. The Morgan fingerprint density at radius 2 is 1.87 bits per heavy atom. The van der Waals surface area contributed by atoms with Crippen LogP contribution in [-0.4, -0.2) is 41.2 Å². The second-order valence-electron chi connectivity index (χ2n) is 6.95. The molecule has 1 atom stereocenters. The predicted molar refractivity (Wildman–Crippen MR) is 119 cm³/mol. The number of benzene rings is 1. The summed E-state index contributed by atoms with van der Waals surface area (Å²) in [5, 5.41) is 5.83. The lowest BCUT2D eigenvalue weighted by molar-refractivity contribution is 0.102. The van der Waals surface area contributed by atoms with Crippen molar-refractivity contribution in [1.82, 2.24) is 9.97 Å². The Kier molecular flexibility index (Phi) is 6.28. The lowest BCUT2D eigenvalue weighted by Gasteiger charge is -2.18. The first-order valence-electron chi connectivity index (χ1n) is 9.73. The summed E-state index contributed by atoms with van der Waals surface area (Å²) in [5.74, 6) is -0.0515.